The molecular weight excluding hydrogens is 400 g/mol. The summed E-state index contributed by atoms with van der Waals surface area (Å²) in [6, 6.07) is 3.43. The monoisotopic (exact) mass is 427 g/mol. The normalized spacial score (nSPS) is 29.2. The minimum atomic E-state index is -1.03. The fraction of sp³-hybridized carbons (Fsp3) is 0.619. The summed E-state index contributed by atoms with van der Waals surface area (Å²) >= 11 is 0. The lowest BCUT2D eigenvalue weighted by Gasteiger charge is -2.45. The molecule has 3 fully saturated rings. The Morgan fingerprint density at radius 1 is 0.931 bits per heavy atom. The summed E-state index contributed by atoms with van der Waals surface area (Å²) in [6.45, 7) is 1.77. The molecule has 2 saturated carbocycles. The number of rotatable bonds is 2. The van der Waals surface area contributed by atoms with Crippen LogP contribution in [0, 0.1) is 29.4 Å². The Labute approximate surface area is 176 Å². The second-order valence-corrected chi connectivity index (χ2v) is 8.44. The molecular formula is C21H28ClF2N3O2. The molecule has 0 aromatic heterocycles. The minimum Gasteiger partial charge on any atom is -0.339 e. The Balaban J connectivity index is 0.00000240. The number of halogens is 3. The van der Waals surface area contributed by atoms with Gasteiger partial charge < -0.3 is 15.5 Å². The second kappa shape index (κ2) is 8.96. The van der Waals surface area contributed by atoms with Gasteiger partial charge in [-0.1, -0.05) is 6.42 Å². The van der Waals surface area contributed by atoms with Gasteiger partial charge in [0.1, 0.15) is 0 Å². The molecule has 8 heteroatoms. The lowest BCUT2D eigenvalue weighted by atomic mass is 9.65. The molecule has 2 amide bonds. The largest absolute Gasteiger partial charge is 0.339 e. The van der Waals surface area contributed by atoms with Crippen molar-refractivity contribution in [2.24, 2.45) is 23.5 Å². The van der Waals surface area contributed by atoms with E-state index in [1.165, 1.54) is 12.5 Å². The number of fused-ring (bicyclic) bond motifs is 2. The number of nitrogens with two attached hydrogens (primary N) is 1. The molecule has 2 atom stereocenters. The van der Waals surface area contributed by atoms with Crippen LogP contribution in [0.25, 0.3) is 0 Å². The van der Waals surface area contributed by atoms with Crippen LogP contribution in [0.2, 0.25) is 0 Å². The molecule has 2 unspecified atom stereocenters. The van der Waals surface area contributed by atoms with Gasteiger partial charge in [-0.2, -0.15) is 0 Å². The van der Waals surface area contributed by atoms with Crippen LogP contribution in [0.3, 0.4) is 0 Å². The highest BCUT2D eigenvalue weighted by Gasteiger charge is 2.42. The Morgan fingerprint density at radius 3 is 2.10 bits per heavy atom. The van der Waals surface area contributed by atoms with Crippen LogP contribution in [0.15, 0.2) is 18.2 Å². The summed E-state index contributed by atoms with van der Waals surface area (Å²) in [5.41, 5.74) is 6.46. The van der Waals surface area contributed by atoms with Crippen LogP contribution in [0.4, 0.5) is 8.78 Å². The molecule has 2 bridgehead atoms. The maximum Gasteiger partial charge on any atom is 0.254 e. The van der Waals surface area contributed by atoms with E-state index in [4.69, 9.17) is 5.73 Å². The number of piperazine rings is 1. The van der Waals surface area contributed by atoms with Gasteiger partial charge in [-0.3, -0.25) is 9.59 Å². The Morgan fingerprint density at radius 2 is 1.52 bits per heavy atom. The van der Waals surface area contributed by atoms with Crippen molar-refractivity contribution in [3.8, 4) is 0 Å². The number of carbonyl (C=O) groups is 2. The number of benzene rings is 1. The zero-order valence-corrected chi connectivity index (χ0v) is 17.2. The molecule has 1 aromatic rings. The first kappa shape index (κ1) is 22.0. The Bertz CT molecular complexity index is 756. The van der Waals surface area contributed by atoms with Crippen LogP contribution in [0.1, 0.15) is 42.5 Å². The number of amides is 2. The molecule has 2 aliphatic carbocycles. The number of carbonyl (C=O) groups excluding carboxylic acids is 2. The SMILES string of the molecule is Cl.NC1C2CCCC1CC(C(=O)N1CCN(C(=O)c3ccc(F)c(F)c3)CC1)C2. The average molecular weight is 428 g/mol. The molecule has 1 aromatic carbocycles. The van der Waals surface area contributed by atoms with Gasteiger partial charge in [-0.15, -0.1) is 12.4 Å². The predicted octanol–water partition coefficient (Wildman–Crippen LogP) is 2.82. The van der Waals surface area contributed by atoms with Crippen LogP contribution < -0.4 is 5.73 Å². The van der Waals surface area contributed by atoms with E-state index in [0.29, 0.717) is 38.0 Å². The topological polar surface area (TPSA) is 66.6 Å². The van der Waals surface area contributed by atoms with Crippen molar-refractivity contribution in [1.82, 2.24) is 9.80 Å². The minimum absolute atomic E-state index is 0. The van der Waals surface area contributed by atoms with Gasteiger partial charge in [0, 0.05) is 43.7 Å². The van der Waals surface area contributed by atoms with Gasteiger partial charge in [0.2, 0.25) is 5.91 Å². The van der Waals surface area contributed by atoms with Crippen molar-refractivity contribution < 1.29 is 18.4 Å². The van der Waals surface area contributed by atoms with Crippen LogP contribution in [-0.4, -0.2) is 53.8 Å². The van der Waals surface area contributed by atoms with Gasteiger partial charge in [0.15, 0.2) is 11.6 Å². The summed E-state index contributed by atoms with van der Waals surface area (Å²) < 4.78 is 26.5. The molecule has 4 rings (SSSR count). The molecule has 1 saturated heterocycles. The smallest absolute Gasteiger partial charge is 0.254 e. The first-order valence-electron chi connectivity index (χ1n) is 10.2. The molecule has 0 radical (unpaired) electrons. The summed E-state index contributed by atoms with van der Waals surface area (Å²) in [6.07, 6.45) is 5.22. The lowest BCUT2D eigenvalue weighted by Crippen LogP contribution is -2.54. The van der Waals surface area contributed by atoms with Crippen LogP contribution >= 0.6 is 12.4 Å². The van der Waals surface area contributed by atoms with Gasteiger partial charge in [-0.25, -0.2) is 8.78 Å². The first-order valence-corrected chi connectivity index (χ1v) is 10.2. The fourth-order valence-electron chi connectivity index (χ4n) is 5.19. The third-order valence-corrected chi connectivity index (χ3v) is 6.81. The van der Waals surface area contributed by atoms with E-state index in [1.54, 1.807) is 4.90 Å². The standard InChI is InChI=1S/C21H27F2N3O2.ClH/c22-17-5-4-15(12-18(17)23)20(27)25-6-8-26(9-7-25)21(28)16-10-13-2-1-3-14(11-16)19(13)24;/h4-5,12-14,16,19H,1-3,6-11,24H2;1H. The van der Waals surface area contributed by atoms with E-state index in [2.05, 4.69) is 0 Å². The van der Waals surface area contributed by atoms with Gasteiger partial charge in [0.05, 0.1) is 0 Å². The van der Waals surface area contributed by atoms with Gasteiger partial charge in [-0.05, 0) is 55.7 Å². The van der Waals surface area contributed by atoms with E-state index in [1.807, 2.05) is 4.90 Å². The first-order chi connectivity index (χ1) is 13.4. The maximum absolute atomic E-state index is 13.4. The number of hydrogen-bond donors (Lipinski definition) is 1. The van der Waals surface area contributed by atoms with Crippen LogP contribution in [-0.2, 0) is 4.79 Å². The average Bonchev–Trinajstić information content (AvgIpc) is 2.69. The molecule has 3 aliphatic rings. The van der Waals surface area contributed by atoms with E-state index < -0.39 is 11.6 Å². The fourth-order valence-corrected chi connectivity index (χ4v) is 5.19. The van der Waals surface area contributed by atoms with Crippen molar-refractivity contribution in [3.63, 3.8) is 0 Å². The third kappa shape index (κ3) is 4.40. The van der Waals surface area contributed by atoms with E-state index in [9.17, 15) is 18.4 Å². The number of nitrogens with zero attached hydrogens (tertiary/aromatic N) is 2. The van der Waals surface area contributed by atoms with Crippen molar-refractivity contribution in [3.05, 3.63) is 35.4 Å². The Hall–Kier alpha value is -1.73. The quantitative estimate of drug-likeness (QED) is 0.789. The zero-order valence-electron chi connectivity index (χ0n) is 16.4. The molecule has 29 heavy (non-hydrogen) atoms. The molecule has 0 spiro atoms. The summed E-state index contributed by atoms with van der Waals surface area (Å²) in [5.74, 6) is -1.18. The van der Waals surface area contributed by atoms with E-state index >= 15 is 0 Å². The highest BCUT2D eigenvalue weighted by Crippen LogP contribution is 2.42. The summed E-state index contributed by atoms with van der Waals surface area (Å²) in [5, 5.41) is 0. The molecule has 5 nitrogen and oxygen atoms in total. The van der Waals surface area contributed by atoms with Crippen molar-refractivity contribution >= 4 is 24.2 Å². The molecule has 1 aliphatic heterocycles. The number of hydrogen-bond acceptors (Lipinski definition) is 3. The van der Waals surface area contributed by atoms with E-state index in [0.717, 1.165) is 37.8 Å². The third-order valence-electron chi connectivity index (χ3n) is 6.81. The summed E-state index contributed by atoms with van der Waals surface area (Å²) in [7, 11) is 0. The maximum atomic E-state index is 13.4. The Kier molecular flexibility index (Phi) is 6.79. The van der Waals surface area contributed by atoms with Crippen molar-refractivity contribution in [2.45, 2.75) is 38.1 Å². The predicted molar refractivity (Wildman–Crippen MR) is 108 cm³/mol. The molecule has 1 heterocycles. The van der Waals surface area contributed by atoms with Crippen molar-refractivity contribution in [2.75, 3.05) is 26.2 Å². The van der Waals surface area contributed by atoms with Crippen molar-refractivity contribution in [1.29, 1.82) is 0 Å². The van der Waals surface area contributed by atoms with Crippen LogP contribution in [0.5, 0.6) is 0 Å². The molecule has 160 valence electrons. The summed E-state index contributed by atoms with van der Waals surface area (Å²) in [4.78, 5) is 29.0. The van der Waals surface area contributed by atoms with E-state index in [-0.39, 0.29) is 41.7 Å². The lowest BCUT2D eigenvalue weighted by molar-refractivity contribution is -0.140. The van der Waals surface area contributed by atoms with Gasteiger partial charge >= 0.3 is 0 Å². The zero-order chi connectivity index (χ0) is 19.8. The second-order valence-electron chi connectivity index (χ2n) is 8.44. The molecule has 2 N–H and O–H groups in total. The van der Waals surface area contributed by atoms with Gasteiger partial charge in [0.25, 0.3) is 5.91 Å². The highest BCUT2D eigenvalue weighted by molar-refractivity contribution is 5.94. The highest BCUT2D eigenvalue weighted by atomic mass is 35.5.